The van der Waals surface area contributed by atoms with Crippen molar-refractivity contribution in [3.8, 4) is 0 Å². The van der Waals surface area contributed by atoms with Gasteiger partial charge in [-0.1, -0.05) is 57.0 Å². The van der Waals surface area contributed by atoms with Gasteiger partial charge in [-0.15, -0.1) is 0 Å². The van der Waals surface area contributed by atoms with E-state index in [1.54, 1.807) is 34.9 Å². The summed E-state index contributed by atoms with van der Waals surface area (Å²) in [5, 5.41) is 4.44. The Kier molecular flexibility index (Phi) is 6.47. The maximum Gasteiger partial charge on any atom is 0.262 e. The predicted octanol–water partition coefficient (Wildman–Crippen LogP) is 5.22. The van der Waals surface area contributed by atoms with Crippen LogP contribution >= 0.6 is 50.9 Å². The SMILES string of the molecule is CCn1c(SCC(=O)Nc2c(Cl)cccc2Cl)nc2ccc(Br)cc2c1=O. The summed E-state index contributed by atoms with van der Waals surface area (Å²) in [5.41, 5.74) is 0.821. The first kappa shape index (κ1) is 20.2. The van der Waals surface area contributed by atoms with Crippen LogP contribution in [0.25, 0.3) is 10.9 Å². The average molecular weight is 487 g/mol. The quantitative estimate of drug-likeness (QED) is 0.396. The Morgan fingerprint density at radius 2 is 1.96 bits per heavy atom. The second-order valence-corrected chi connectivity index (χ2v) is 8.21. The fourth-order valence-corrected chi connectivity index (χ4v) is 4.20. The van der Waals surface area contributed by atoms with Crippen molar-refractivity contribution in [2.45, 2.75) is 18.6 Å². The van der Waals surface area contributed by atoms with Crippen LogP contribution in [0, 0.1) is 0 Å². The van der Waals surface area contributed by atoms with Gasteiger partial charge in [-0.25, -0.2) is 4.98 Å². The van der Waals surface area contributed by atoms with Crippen LogP contribution < -0.4 is 10.9 Å². The predicted molar refractivity (Wildman–Crippen MR) is 115 cm³/mol. The fourth-order valence-electron chi connectivity index (χ4n) is 2.48. The van der Waals surface area contributed by atoms with Gasteiger partial charge in [0.15, 0.2) is 5.16 Å². The number of nitrogens with zero attached hydrogens (tertiary/aromatic N) is 2. The highest BCUT2D eigenvalue weighted by molar-refractivity contribution is 9.10. The van der Waals surface area contributed by atoms with E-state index in [-0.39, 0.29) is 17.2 Å². The summed E-state index contributed by atoms with van der Waals surface area (Å²) in [6.45, 7) is 2.31. The molecule has 0 saturated heterocycles. The summed E-state index contributed by atoms with van der Waals surface area (Å²) < 4.78 is 2.36. The standard InChI is InChI=1S/C18H14BrCl2N3O2S/c1-2-24-17(26)11-8-10(19)6-7-14(11)22-18(24)27-9-15(25)23-16-12(20)4-3-5-13(16)21/h3-8H,2,9H2,1H3,(H,23,25). The largest absolute Gasteiger partial charge is 0.323 e. The van der Waals surface area contributed by atoms with Crippen LogP contribution in [-0.4, -0.2) is 21.2 Å². The molecule has 0 aliphatic carbocycles. The molecule has 0 radical (unpaired) electrons. The van der Waals surface area contributed by atoms with E-state index in [9.17, 15) is 9.59 Å². The number of rotatable bonds is 5. The van der Waals surface area contributed by atoms with Crippen LogP contribution in [0.2, 0.25) is 10.0 Å². The Bertz CT molecular complexity index is 1070. The van der Waals surface area contributed by atoms with Gasteiger partial charge in [0.2, 0.25) is 5.91 Å². The highest BCUT2D eigenvalue weighted by atomic mass is 79.9. The van der Waals surface area contributed by atoms with Crippen molar-refractivity contribution in [3.05, 3.63) is 61.3 Å². The lowest BCUT2D eigenvalue weighted by Crippen LogP contribution is -2.23. The van der Waals surface area contributed by atoms with E-state index in [2.05, 4.69) is 26.2 Å². The molecule has 140 valence electrons. The lowest BCUT2D eigenvalue weighted by atomic mass is 10.2. The molecule has 0 aliphatic heterocycles. The van der Waals surface area contributed by atoms with Gasteiger partial charge in [-0.2, -0.15) is 0 Å². The monoisotopic (exact) mass is 485 g/mol. The van der Waals surface area contributed by atoms with Crippen molar-refractivity contribution in [2.24, 2.45) is 0 Å². The smallest absolute Gasteiger partial charge is 0.262 e. The molecule has 2 aromatic carbocycles. The molecular formula is C18H14BrCl2N3O2S. The Morgan fingerprint density at radius 3 is 2.63 bits per heavy atom. The zero-order valence-corrected chi connectivity index (χ0v) is 18.0. The molecule has 0 atom stereocenters. The van der Waals surface area contributed by atoms with Gasteiger partial charge >= 0.3 is 0 Å². The van der Waals surface area contributed by atoms with Crippen LogP contribution in [-0.2, 0) is 11.3 Å². The maximum atomic E-state index is 12.7. The number of hydrogen-bond donors (Lipinski definition) is 1. The van der Waals surface area contributed by atoms with E-state index in [4.69, 9.17) is 23.2 Å². The van der Waals surface area contributed by atoms with E-state index >= 15 is 0 Å². The molecule has 27 heavy (non-hydrogen) atoms. The molecule has 3 rings (SSSR count). The van der Waals surface area contributed by atoms with Gasteiger partial charge in [0.05, 0.1) is 32.4 Å². The number of nitrogens with one attached hydrogen (secondary N) is 1. The van der Waals surface area contributed by atoms with Crippen molar-refractivity contribution < 1.29 is 4.79 Å². The van der Waals surface area contributed by atoms with Gasteiger partial charge in [0.25, 0.3) is 5.56 Å². The molecule has 3 aromatic rings. The Morgan fingerprint density at radius 1 is 1.26 bits per heavy atom. The molecule has 5 nitrogen and oxygen atoms in total. The summed E-state index contributed by atoms with van der Waals surface area (Å²) in [4.78, 5) is 29.6. The first-order valence-corrected chi connectivity index (χ1v) is 10.5. The van der Waals surface area contributed by atoms with Gasteiger partial charge in [-0.05, 0) is 37.3 Å². The summed E-state index contributed by atoms with van der Waals surface area (Å²) >= 11 is 16.7. The van der Waals surface area contributed by atoms with Gasteiger partial charge in [-0.3, -0.25) is 14.2 Å². The van der Waals surface area contributed by atoms with Crippen molar-refractivity contribution in [1.29, 1.82) is 0 Å². The summed E-state index contributed by atoms with van der Waals surface area (Å²) in [7, 11) is 0. The van der Waals surface area contributed by atoms with Gasteiger partial charge in [0.1, 0.15) is 0 Å². The number of hydrogen-bond acceptors (Lipinski definition) is 4. The number of para-hydroxylation sites is 1. The van der Waals surface area contributed by atoms with Crippen LogP contribution in [0.5, 0.6) is 0 Å². The highest BCUT2D eigenvalue weighted by Gasteiger charge is 2.14. The third-order valence-corrected chi connectivity index (χ3v) is 5.86. The molecule has 1 amide bonds. The average Bonchev–Trinajstić information content (AvgIpc) is 2.64. The number of fused-ring (bicyclic) bond motifs is 1. The molecule has 1 heterocycles. The number of aromatic nitrogens is 2. The fraction of sp³-hybridized carbons (Fsp3) is 0.167. The number of anilines is 1. The third kappa shape index (κ3) is 4.48. The van der Waals surface area contributed by atoms with Crippen molar-refractivity contribution >= 4 is 73.4 Å². The van der Waals surface area contributed by atoms with E-state index in [1.165, 1.54) is 11.8 Å². The zero-order valence-electron chi connectivity index (χ0n) is 14.1. The van der Waals surface area contributed by atoms with Crippen molar-refractivity contribution in [2.75, 3.05) is 11.1 Å². The molecule has 0 saturated carbocycles. The molecule has 0 bridgehead atoms. The second-order valence-electron chi connectivity index (χ2n) is 5.54. The Balaban J connectivity index is 1.83. The maximum absolute atomic E-state index is 12.7. The van der Waals surface area contributed by atoms with Crippen LogP contribution in [0.1, 0.15) is 6.92 Å². The van der Waals surface area contributed by atoms with Crippen LogP contribution in [0.15, 0.2) is 50.8 Å². The van der Waals surface area contributed by atoms with Gasteiger partial charge in [0, 0.05) is 11.0 Å². The molecule has 9 heteroatoms. The van der Waals surface area contributed by atoms with Crippen LogP contribution in [0.3, 0.4) is 0 Å². The number of amides is 1. The first-order valence-electron chi connectivity index (χ1n) is 7.97. The van der Waals surface area contributed by atoms with E-state index in [0.29, 0.717) is 38.3 Å². The summed E-state index contributed by atoms with van der Waals surface area (Å²) in [5.74, 6) is -0.224. The highest BCUT2D eigenvalue weighted by Crippen LogP contribution is 2.30. The summed E-state index contributed by atoms with van der Waals surface area (Å²) in [6.07, 6.45) is 0. The lowest BCUT2D eigenvalue weighted by Gasteiger charge is -2.12. The molecular weight excluding hydrogens is 473 g/mol. The molecule has 0 fully saturated rings. The molecule has 1 N–H and O–H groups in total. The lowest BCUT2D eigenvalue weighted by molar-refractivity contribution is -0.113. The molecule has 0 unspecified atom stereocenters. The van der Waals surface area contributed by atoms with Crippen LogP contribution in [0.4, 0.5) is 5.69 Å². The van der Waals surface area contributed by atoms with E-state index in [0.717, 1.165) is 4.47 Å². The topological polar surface area (TPSA) is 64.0 Å². The second kappa shape index (κ2) is 8.65. The zero-order chi connectivity index (χ0) is 19.6. The molecule has 0 aliphatic rings. The number of carbonyl (C=O) groups is 1. The minimum absolute atomic E-state index is 0.0655. The van der Waals surface area contributed by atoms with Crippen molar-refractivity contribution in [1.82, 2.24) is 9.55 Å². The first-order chi connectivity index (χ1) is 12.9. The molecule has 1 aromatic heterocycles. The van der Waals surface area contributed by atoms with Crippen molar-refractivity contribution in [3.63, 3.8) is 0 Å². The minimum Gasteiger partial charge on any atom is -0.323 e. The Labute approximate surface area is 178 Å². The van der Waals surface area contributed by atoms with Gasteiger partial charge < -0.3 is 5.32 Å². The normalized spacial score (nSPS) is 11.0. The number of carbonyl (C=O) groups excluding carboxylic acids is 1. The Hall–Kier alpha value is -1.54. The number of thioether (sulfide) groups is 1. The van der Waals surface area contributed by atoms with E-state index < -0.39 is 0 Å². The minimum atomic E-state index is -0.289. The summed E-state index contributed by atoms with van der Waals surface area (Å²) in [6, 6.07) is 10.3. The molecule has 0 spiro atoms. The third-order valence-electron chi connectivity index (χ3n) is 3.76. The van der Waals surface area contributed by atoms with E-state index in [1.807, 2.05) is 13.0 Å². The number of halogens is 3. The number of benzene rings is 2.